The van der Waals surface area contributed by atoms with Crippen molar-refractivity contribution < 1.29 is 29.1 Å². The number of aliphatic hydroxyl groups excluding tert-OH is 2. The van der Waals surface area contributed by atoms with E-state index in [2.05, 4.69) is 4.72 Å². The number of halogens is 2. The van der Waals surface area contributed by atoms with Crippen molar-refractivity contribution in [3.8, 4) is 5.75 Å². The van der Waals surface area contributed by atoms with Crippen LogP contribution in [0.4, 0.5) is 4.39 Å². The van der Waals surface area contributed by atoms with E-state index in [-0.39, 0.29) is 16.7 Å². The molecule has 0 bridgehead atoms. The lowest BCUT2D eigenvalue weighted by atomic mass is 9.85. The van der Waals surface area contributed by atoms with E-state index in [0.29, 0.717) is 31.5 Å². The average molecular weight is 451 g/mol. The minimum absolute atomic E-state index is 0.121. The van der Waals surface area contributed by atoms with Gasteiger partial charge >= 0.3 is 0 Å². The molecular weight excluding hydrogens is 423 g/mol. The van der Waals surface area contributed by atoms with Crippen LogP contribution < -0.4 is 4.72 Å². The highest BCUT2D eigenvalue weighted by Gasteiger charge is 2.37. The maximum Gasteiger partial charge on any atom is 0.253 e. The van der Waals surface area contributed by atoms with Gasteiger partial charge in [-0.05, 0) is 45.6 Å². The Morgan fingerprint density at radius 2 is 2.00 bits per heavy atom. The van der Waals surface area contributed by atoms with Gasteiger partial charge < -0.3 is 24.8 Å². The van der Waals surface area contributed by atoms with Crippen LogP contribution in [0.2, 0.25) is 5.02 Å². The maximum atomic E-state index is 13.7. The van der Waals surface area contributed by atoms with Gasteiger partial charge in [-0.15, -0.1) is 4.72 Å². The Kier molecular flexibility index (Phi) is 8.17. The highest BCUT2D eigenvalue weighted by Crippen LogP contribution is 2.38. The van der Waals surface area contributed by atoms with Crippen molar-refractivity contribution in [3.63, 3.8) is 0 Å². The number of nitrogens with one attached hydrogen (secondary N) is 1. The molecule has 164 valence electrons. The molecule has 10 heteroatoms. The summed E-state index contributed by atoms with van der Waals surface area (Å²) in [5.41, 5.74) is 0.342. The standard InChI is InChI=1S/C19H28ClFN2O5S/c1-19(2,3)29(28)22-17(12-8-13(20)14(21)9-15(12)25)11-4-6-23(7-5-11)18(27)16(26)10-24/h8-9,11,16-17,22,24-26H,4-7,10H2,1-3H3. The minimum atomic E-state index is -1.47. The van der Waals surface area contributed by atoms with Crippen LogP contribution in [0, 0.1) is 11.7 Å². The third kappa shape index (κ3) is 5.96. The van der Waals surface area contributed by atoms with Gasteiger partial charge in [0.05, 0.1) is 17.7 Å². The van der Waals surface area contributed by atoms with E-state index in [9.17, 15) is 24.0 Å². The molecule has 0 spiro atoms. The highest BCUT2D eigenvalue weighted by atomic mass is 35.5. The second kappa shape index (κ2) is 9.80. The van der Waals surface area contributed by atoms with Gasteiger partial charge in [0.25, 0.3) is 5.91 Å². The van der Waals surface area contributed by atoms with Gasteiger partial charge in [0.1, 0.15) is 16.3 Å². The van der Waals surface area contributed by atoms with E-state index < -0.39 is 46.6 Å². The molecule has 1 aromatic carbocycles. The molecule has 29 heavy (non-hydrogen) atoms. The van der Waals surface area contributed by atoms with Crippen molar-refractivity contribution >= 4 is 28.9 Å². The third-order valence-corrected chi connectivity index (χ3v) is 6.85. The number of phenols is 1. The number of benzene rings is 1. The van der Waals surface area contributed by atoms with E-state index in [1.807, 2.05) is 20.8 Å². The Labute approximate surface area is 178 Å². The second-order valence-corrected chi connectivity index (χ2v) is 10.6. The summed E-state index contributed by atoms with van der Waals surface area (Å²) in [6.45, 7) is 5.44. The van der Waals surface area contributed by atoms with Gasteiger partial charge in [-0.25, -0.2) is 4.39 Å². The maximum absolute atomic E-state index is 13.7. The van der Waals surface area contributed by atoms with Crippen LogP contribution in [0.1, 0.15) is 45.2 Å². The molecule has 0 saturated carbocycles. The lowest BCUT2D eigenvalue weighted by Gasteiger charge is -2.38. The van der Waals surface area contributed by atoms with E-state index in [0.717, 1.165) is 6.07 Å². The quantitative estimate of drug-likeness (QED) is 0.492. The van der Waals surface area contributed by atoms with Crippen molar-refractivity contribution in [1.82, 2.24) is 9.62 Å². The van der Waals surface area contributed by atoms with Crippen molar-refractivity contribution in [3.05, 3.63) is 28.5 Å². The molecule has 1 amide bonds. The summed E-state index contributed by atoms with van der Waals surface area (Å²) in [5, 5.41) is 28.7. The number of piperidine rings is 1. The van der Waals surface area contributed by atoms with Gasteiger partial charge in [0.15, 0.2) is 6.10 Å². The molecule has 0 aliphatic carbocycles. The molecule has 1 fully saturated rings. The van der Waals surface area contributed by atoms with Crippen LogP contribution in [0.5, 0.6) is 5.75 Å². The molecule has 7 nitrogen and oxygen atoms in total. The number of carbonyl (C=O) groups is 1. The van der Waals surface area contributed by atoms with Crippen molar-refractivity contribution in [2.75, 3.05) is 19.7 Å². The summed E-state index contributed by atoms with van der Waals surface area (Å²) in [7, 11) is 0. The number of likely N-dealkylation sites (tertiary alicyclic amines) is 1. The molecule has 3 atom stereocenters. The Morgan fingerprint density at radius 3 is 2.52 bits per heavy atom. The molecule has 0 radical (unpaired) electrons. The SMILES string of the molecule is CC(C)(C)[S+]([O-])NC(c1cc(Cl)c(F)cc1O)C1CCN(C(=O)C(O)CO)CC1. The van der Waals surface area contributed by atoms with Gasteiger partial charge in [-0.1, -0.05) is 11.6 Å². The monoisotopic (exact) mass is 450 g/mol. The summed E-state index contributed by atoms with van der Waals surface area (Å²) in [6.07, 6.45) is -0.455. The Morgan fingerprint density at radius 1 is 1.41 bits per heavy atom. The van der Waals surface area contributed by atoms with Crippen molar-refractivity contribution in [1.29, 1.82) is 0 Å². The topological polar surface area (TPSA) is 116 Å². The van der Waals surface area contributed by atoms with Gasteiger partial charge in [0.2, 0.25) is 0 Å². The van der Waals surface area contributed by atoms with Gasteiger partial charge in [0, 0.05) is 36.1 Å². The zero-order valence-corrected chi connectivity index (χ0v) is 18.3. The largest absolute Gasteiger partial charge is 0.598 e. The number of phenolic OH excluding ortho intramolecular Hbond substituents is 1. The number of amides is 1. The molecule has 1 heterocycles. The van der Waals surface area contributed by atoms with Crippen LogP contribution in [0.15, 0.2) is 12.1 Å². The fraction of sp³-hybridized carbons (Fsp3) is 0.632. The predicted octanol–water partition coefficient (Wildman–Crippen LogP) is 1.87. The molecule has 3 unspecified atom stereocenters. The average Bonchev–Trinajstić information content (AvgIpc) is 2.67. The highest BCUT2D eigenvalue weighted by molar-refractivity contribution is 7.90. The number of rotatable bonds is 6. The Bertz CT molecular complexity index is 725. The van der Waals surface area contributed by atoms with Gasteiger partial charge in [-0.2, -0.15) is 0 Å². The molecular formula is C19H28ClFN2O5S. The minimum Gasteiger partial charge on any atom is -0.598 e. The van der Waals surface area contributed by atoms with Crippen molar-refractivity contribution in [2.45, 2.75) is 50.5 Å². The van der Waals surface area contributed by atoms with Crippen LogP contribution in [0.3, 0.4) is 0 Å². The number of carbonyl (C=O) groups excluding carboxylic acids is 1. The van der Waals surface area contributed by atoms with Crippen LogP contribution in [0.25, 0.3) is 0 Å². The van der Waals surface area contributed by atoms with E-state index in [1.54, 1.807) is 0 Å². The fourth-order valence-corrected chi connectivity index (χ4v) is 4.32. The van der Waals surface area contributed by atoms with E-state index in [1.165, 1.54) is 11.0 Å². The summed E-state index contributed by atoms with van der Waals surface area (Å²) < 4.78 is 28.9. The number of nitrogens with zero attached hydrogens (tertiary/aromatic N) is 1. The zero-order valence-electron chi connectivity index (χ0n) is 16.7. The lowest BCUT2D eigenvalue weighted by molar-refractivity contribution is -0.143. The smallest absolute Gasteiger partial charge is 0.253 e. The third-order valence-electron chi connectivity index (χ3n) is 4.98. The predicted molar refractivity (Wildman–Crippen MR) is 109 cm³/mol. The molecule has 1 aliphatic heterocycles. The number of aromatic hydroxyl groups is 1. The zero-order chi connectivity index (χ0) is 21.9. The first kappa shape index (κ1) is 24.2. The van der Waals surface area contributed by atoms with Crippen LogP contribution in [-0.2, 0) is 16.2 Å². The molecule has 1 aliphatic rings. The second-order valence-electron chi connectivity index (χ2n) is 8.16. The molecule has 0 aromatic heterocycles. The Hall–Kier alpha value is -1.10. The molecule has 2 rings (SSSR count). The first-order valence-electron chi connectivity index (χ1n) is 9.39. The number of hydrogen-bond donors (Lipinski definition) is 4. The fourth-order valence-electron chi connectivity index (χ4n) is 3.25. The summed E-state index contributed by atoms with van der Waals surface area (Å²) in [5.74, 6) is -1.70. The molecule has 1 saturated heterocycles. The van der Waals surface area contributed by atoms with Crippen LogP contribution in [-0.4, -0.2) is 61.2 Å². The summed E-state index contributed by atoms with van der Waals surface area (Å²) in [4.78, 5) is 13.5. The lowest BCUT2D eigenvalue weighted by Crippen LogP contribution is -2.48. The van der Waals surface area contributed by atoms with Gasteiger partial charge in [-0.3, -0.25) is 4.79 Å². The van der Waals surface area contributed by atoms with Crippen LogP contribution >= 0.6 is 11.6 Å². The number of hydrogen-bond acceptors (Lipinski definition) is 6. The van der Waals surface area contributed by atoms with E-state index in [4.69, 9.17) is 16.7 Å². The molecule has 4 N–H and O–H groups in total. The normalized spacial score (nSPS) is 19.1. The van der Waals surface area contributed by atoms with E-state index >= 15 is 0 Å². The summed E-state index contributed by atoms with van der Waals surface area (Å²) in [6, 6.07) is 1.69. The molecule has 1 aromatic rings. The first-order chi connectivity index (χ1) is 13.5. The first-order valence-corrected chi connectivity index (χ1v) is 10.9. The number of aliphatic hydroxyl groups is 2. The van der Waals surface area contributed by atoms with Crippen molar-refractivity contribution in [2.24, 2.45) is 5.92 Å². The Balaban J connectivity index is 2.25. The summed E-state index contributed by atoms with van der Waals surface area (Å²) >= 11 is 4.45.